The summed E-state index contributed by atoms with van der Waals surface area (Å²) in [5.74, 6) is -2.47. The molecule has 3 N–H and O–H groups in total. The predicted molar refractivity (Wildman–Crippen MR) is 65.0 cm³/mol. The van der Waals surface area contributed by atoms with Gasteiger partial charge in [-0.25, -0.2) is 0 Å². The lowest BCUT2D eigenvalue weighted by Crippen LogP contribution is -2.36. The molecule has 1 rings (SSSR count). The van der Waals surface area contributed by atoms with Gasteiger partial charge in [-0.2, -0.15) is 0 Å². The first-order chi connectivity index (χ1) is 8.59. The first kappa shape index (κ1) is 13.7. The number of amides is 2. The number of carbonyl (C=O) groups excluding carboxylic acids is 2. The Hall–Kier alpha value is -2.37. The number of aliphatic carboxylic acids is 1. The van der Waals surface area contributed by atoms with Gasteiger partial charge in [0.15, 0.2) is 0 Å². The van der Waals surface area contributed by atoms with Crippen molar-refractivity contribution in [1.29, 1.82) is 0 Å². The first-order valence-electron chi connectivity index (χ1n) is 5.45. The molecular weight excluding hydrogens is 236 g/mol. The van der Waals surface area contributed by atoms with Crippen LogP contribution in [0.2, 0.25) is 0 Å². The number of para-hydroxylation sites is 1. The van der Waals surface area contributed by atoms with Crippen molar-refractivity contribution >= 4 is 23.5 Å². The summed E-state index contributed by atoms with van der Waals surface area (Å²) >= 11 is 0. The highest BCUT2D eigenvalue weighted by Gasteiger charge is 2.12. The highest BCUT2D eigenvalue weighted by Crippen LogP contribution is 2.04. The van der Waals surface area contributed by atoms with Crippen molar-refractivity contribution in [2.75, 3.05) is 11.9 Å². The van der Waals surface area contributed by atoms with Crippen LogP contribution in [-0.2, 0) is 14.4 Å². The maximum Gasteiger partial charge on any atom is 0.313 e. The molecule has 0 heterocycles. The molecule has 18 heavy (non-hydrogen) atoms. The summed E-state index contributed by atoms with van der Waals surface area (Å²) in [7, 11) is 0. The number of carboxylic acid groups (broad SMARTS) is 1. The van der Waals surface area contributed by atoms with E-state index < -0.39 is 17.8 Å². The summed E-state index contributed by atoms with van der Waals surface area (Å²) in [5.41, 5.74) is 0.531. The fourth-order valence-electron chi connectivity index (χ4n) is 1.23. The highest BCUT2D eigenvalue weighted by atomic mass is 16.4. The van der Waals surface area contributed by atoms with E-state index in [0.29, 0.717) is 12.1 Å². The zero-order valence-electron chi connectivity index (χ0n) is 9.68. The fraction of sp³-hybridized carbons (Fsp3) is 0.250. The molecule has 0 aliphatic rings. The molecule has 1 aromatic carbocycles. The molecule has 0 fully saturated rings. The van der Waals surface area contributed by atoms with E-state index in [2.05, 4.69) is 10.6 Å². The molecule has 0 atom stereocenters. The van der Waals surface area contributed by atoms with Gasteiger partial charge in [-0.05, 0) is 18.6 Å². The van der Waals surface area contributed by atoms with Crippen molar-refractivity contribution < 1.29 is 19.5 Å². The Morgan fingerprint density at radius 2 is 1.72 bits per heavy atom. The van der Waals surface area contributed by atoms with E-state index >= 15 is 0 Å². The fourth-order valence-corrected chi connectivity index (χ4v) is 1.23. The van der Waals surface area contributed by atoms with Crippen LogP contribution in [0.3, 0.4) is 0 Å². The quantitative estimate of drug-likeness (QED) is 0.527. The van der Waals surface area contributed by atoms with E-state index in [9.17, 15) is 14.4 Å². The summed E-state index contributed by atoms with van der Waals surface area (Å²) in [6, 6.07) is 8.59. The van der Waals surface area contributed by atoms with E-state index in [1.807, 2.05) is 0 Å². The maximum absolute atomic E-state index is 11.4. The van der Waals surface area contributed by atoms with Crippen molar-refractivity contribution in [2.24, 2.45) is 0 Å². The monoisotopic (exact) mass is 250 g/mol. The summed E-state index contributed by atoms with van der Waals surface area (Å²) in [6.07, 6.45) is 0.250. The average molecular weight is 250 g/mol. The van der Waals surface area contributed by atoms with E-state index in [1.54, 1.807) is 30.3 Å². The number of benzene rings is 1. The molecule has 6 nitrogen and oxygen atoms in total. The number of carboxylic acids is 1. The molecule has 0 spiro atoms. The third-order valence-electron chi connectivity index (χ3n) is 2.09. The van der Waals surface area contributed by atoms with Crippen LogP contribution < -0.4 is 10.6 Å². The zero-order valence-corrected chi connectivity index (χ0v) is 9.68. The largest absolute Gasteiger partial charge is 0.481 e. The van der Waals surface area contributed by atoms with Gasteiger partial charge >= 0.3 is 17.8 Å². The lowest BCUT2D eigenvalue weighted by molar-refractivity contribution is -0.137. The number of hydrogen-bond donors (Lipinski definition) is 3. The molecule has 0 saturated carbocycles. The number of nitrogens with one attached hydrogen (secondary N) is 2. The van der Waals surface area contributed by atoms with Crippen LogP contribution in [0.15, 0.2) is 30.3 Å². The Morgan fingerprint density at radius 1 is 1.06 bits per heavy atom. The van der Waals surface area contributed by atoms with Crippen molar-refractivity contribution in [3.63, 3.8) is 0 Å². The normalized spacial score (nSPS) is 9.56. The molecule has 0 unspecified atom stereocenters. The lowest BCUT2D eigenvalue weighted by atomic mass is 10.3. The van der Waals surface area contributed by atoms with Crippen LogP contribution in [0.1, 0.15) is 12.8 Å². The minimum absolute atomic E-state index is 0.0411. The summed E-state index contributed by atoms with van der Waals surface area (Å²) in [4.78, 5) is 32.9. The molecule has 0 radical (unpaired) electrons. The second-order valence-electron chi connectivity index (χ2n) is 3.57. The minimum Gasteiger partial charge on any atom is -0.481 e. The van der Waals surface area contributed by atoms with Crippen LogP contribution in [0.4, 0.5) is 5.69 Å². The van der Waals surface area contributed by atoms with Crippen LogP contribution in [0.5, 0.6) is 0 Å². The Kier molecular flexibility index (Phi) is 5.37. The first-order valence-corrected chi connectivity index (χ1v) is 5.45. The third kappa shape index (κ3) is 5.11. The van der Waals surface area contributed by atoms with E-state index in [0.717, 1.165) is 0 Å². The molecule has 1 aromatic rings. The van der Waals surface area contributed by atoms with Crippen molar-refractivity contribution in [3.8, 4) is 0 Å². The van der Waals surface area contributed by atoms with Gasteiger partial charge < -0.3 is 15.7 Å². The molecule has 0 bridgehead atoms. The number of rotatable bonds is 5. The molecule has 0 aliphatic heterocycles. The topological polar surface area (TPSA) is 95.5 Å². The molecule has 96 valence electrons. The van der Waals surface area contributed by atoms with Crippen LogP contribution in [-0.4, -0.2) is 29.4 Å². The van der Waals surface area contributed by atoms with Crippen LogP contribution in [0.25, 0.3) is 0 Å². The second-order valence-corrected chi connectivity index (χ2v) is 3.57. The molecule has 0 saturated heterocycles. The number of hydrogen-bond acceptors (Lipinski definition) is 3. The van der Waals surface area contributed by atoms with Gasteiger partial charge in [-0.1, -0.05) is 18.2 Å². The van der Waals surface area contributed by atoms with E-state index in [-0.39, 0.29) is 13.0 Å². The number of carbonyl (C=O) groups is 3. The molecule has 2 amide bonds. The maximum atomic E-state index is 11.4. The highest BCUT2D eigenvalue weighted by molar-refractivity contribution is 6.39. The van der Waals surface area contributed by atoms with Crippen molar-refractivity contribution in [3.05, 3.63) is 30.3 Å². The van der Waals surface area contributed by atoms with Gasteiger partial charge in [0.1, 0.15) is 0 Å². The van der Waals surface area contributed by atoms with Gasteiger partial charge in [-0.15, -0.1) is 0 Å². The van der Waals surface area contributed by atoms with Crippen LogP contribution >= 0.6 is 0 Å². The zero-order chi connectivity index (χ0) is 13.4. The summed E-state index contributed by atoms with van der Waals surface area (Å²) in [6.45, 7) is 0.160. The Balaban J connectivity index is 2.29. The average Bonchev–Trinajstić information content (AvgIpc) is 2.35. The van der Waals surface area contributed by atoms with Gasteiger partial charge in [0, 0.05) is 18.7 Å². The standard InChI is InChI=1S/C12H14N2O4/c15-10(16)7-4-8-13-11(17)12(18)14-9-5-2-1-3-6-9/h1-3,5-6H,4,7-8H2,(H,13,17)(H,14,18)(H,15,16). The predicted octanol–water partition coefficient (Wildman–Crippen LogP) is 0.606. The van der Waals surface area contributed by atoms with Crippen LogP contribution in [0, 0.1) is 0 Å². The number of anilines is 1. The summed E-state index contributed by atoms with van der Waals surface area (Å²) in [5, 5.41) is 13.2. The Labute approximate surface area is 104 Å². The van der Waals surface area contributed by atoms with E-state index in [4.69, 9.17) is 5.11 Å². The van der Waals surface area contributed by atoms with Gasteiger partial charge in [0.2, 0.25) is 0 Å². The molecule has 0 aromatic heterocycles. The second kappa shape index (κ2) is 7.05. The Bertz CT molecular complexity index is 431. The lowest BCUT2D eigenvalue weighted by Gasteiger charge is -2.05. The smallest absolute Gasteiger partial charge is 0.313 e. The molecule has 6 heteroatoms. The molecule has 0 aliphatic carbocycles. The summed E-state index contributed by atoms with van der Waals surface area (Å²) < 4.78 is 0. The van der Waals surface area contributed by atoms with Gasteiger partial charge in [0.05, 0.1) is 0 Å². The van der Waals surface area contributed by atoms with Crippen molar-refractivity contribution in [2.45, 2.75) is 12.8 Å². The Morgan fingerprint density at radius 3 is 2.33 bits per heavy atom. The van der Waals surface area contributed by atoms with Crippen molar-refractivity contribution in [1.82, 2.24) is 5.32 Å². The minimum atomic E-state index is -0.932. The van der Waals surface area contributed by atoms with Gasteiger partial charge in [0.25, 0.3) is 0 Å². The molecular formula is C12H14N2O4. The van der Waals surface area contributed by atoms with E-state index in [1.165, 1.54) is 0 Å². The SMILES string of the molecule is O=C(O)CCCNC(=O)C(=O)Nc1ccccc1. The third-order valence-corrected chi connectivity index (χ3v) is 2.09. The van der Waals surface area contributed by atoms with Gasteiger partial charge in [-0.3, -0.25) is 14.4 Å².